The highest BCUT2D eigenvalue weighted by Gasteiger charge is 2.28. The van der Waals surface area contributed by atoms with Crippen LogP contribution in [0.25, 0.3) is 10.9 Å². The first-order valence-corrected chi connectivity index (χ1v) is 9.21. The smallest absolute Gasteiger partial charge is 0.191 e. The molecule has 3 aromatic carbocycles. The monoisotopic (exact) mass is 370 g/mol. The van der Waals surface area contributed by atoms with E-state index in [0.29, 0.717) is 5.56 Å². The van der Waals surface area contributed by atoms with Gasteiger partial charge in [-0.15, -0.1) is 0 Å². The lowest BCUT2D eigenvalue weighted by atomic mass is 9.95. The Balaban J connectivity index is 1.80. The van der Waals surface area contributed by atoms with Gasteiger partial charge < -0.3 is 14.6 Å². The molecule has 1 aromatic heterocycles. The number of nitrogens with zero attached hydrogens (tertiary/aromatic N) is 1. The van der Waals surface area contributed by atoms with Gasteiger partial charge in [-0.2, -0.15) is 0 Å². The highest BCUT2D eigenvalue weighted by molar-refractivity contribution is 6.11. The van der Waals surface area contributed by atoms with Crippen LogP contribution in [0.15, 0.2) is 85.1 Å². The SMILES string of the molecule is COc1cccc(N(C)C(C(=O)c2c[nH]c3ccccc23)c2ccccc2)c1. The summed E-state index contributed by atoms with van der Waals surface area (Å²) in [5.41, 5.74) is 3.52. The summed E-state index contributed by atoms with van der Waals surface area (Å²) >= 11 is 0. The van der Waals surface area contributed by atoms with Gasteiger partial charge in [0.05, 0.1) is 7.11 Å². The standard InChI is InChI=1S/C24H22N2O2/c1-26(18-11-8-12-19(15-18)28-2)23(17-9-4-3-5-10-17)24(27)21-16-25-22-14-7-6-13-20(21)22/h3-16,23,25H,1-2H3. The molecule has 4 heteroatoms. The van der Waals surface area contributed by atoms with Crippen LogP contribution in [0.1, 0.15) is 22.0 Å². The number of para-hydroxylation sites is 1. The quantitative estimate of drug-likeness (QED) is 0.472. The molecule has 1 heterocycles. The van der Waals surface area contributed by atoms with E-state index in [0.717, 1.165) is 27.9 Å². The van der Waals surface area contributed by atoms with Crippen LogP contribution in [0, 0.1) is 0 Å². The summed E-state index contributed by atoms with van der Waals surface area (Å²) in [7, 11) is 3.59. The molecule has 0 saturated carbocycles. The number of ketones is 1. The number of rotatable bonds is 6. The normalized spacial score (nSPS) is 11.9. The van der Waals surface area contributed by atoms with Gasteiger partial charge in [0.2, 0.25) is 0 Å². The zero-order valence-electron chi connectivity index (χ0n) is 15.9. The summed E-state index contributed by atoms with van der Waals surface area (Å²) in [4.78, 5) is 18.9. The maximum Gasteiger partial charge on any atom is 0.191 e. The number of benzene rings is 3. The molecule has 1 N–H and O–H groups in total. The van der Waals surface area contributed by atoms with E-state index in [1.54, 1.807) is 7.11 Å². The van der Waals surface area contributed by atoms with Crippen molar-refractivity contribution in [3.63, 3.8) is 0 Å². The number of Topliss-reactive ketones (excluding diaryl/α,β-unsaturated/α-hetero) is 1. The average Bonchev–Trinajstić information content (AvgIpc) is 3.19. The van der Waals surface area contributed by atoms with Gasteiger partial charge in [0.15, 0.2) is 5.78 Å². The molecule has 0 amide bonds. The number of fused-ring (bicyclic) bond motifs is 1. The minimum absolute atomic E-state index is 0.0500. The van der Waals surface area contributed by atoms with Gasteiger partial charge in [-0.1, -0.05) is 54.6 Å². The number of anilines is 1. The van der Waals surface area contributed by atoms with E-state index in [1.807, 2.05) is 97.0 Å². The van der Waals surface area contributed by atoms with E-state index < -0.39 is 6.04 Å². The Bertz CT molecular complexity index is 1100. The molecule has 0 aliphatic rings. The Morgan fingerprint density at radius 1 is 0.964 bits per heavy atom. The lowest BCUT2D eigenvalue weighted by Gasteiger charge is -2.29. The Kier molecular flexibility index (Phi) is 4.85. The molecule has 1 atom stereocenters. The largest absolute Gasteiger partial charge is 0.497 e. The molecule has 4 rings (SSSR count). The van der Waals surface area contributed by atoms with Crippen LogP contribution in [0.3, 0.4) is 0 Å². The van der Waals surface area contributed by atoms with Crippen molar-refractivity contribution >= 4 is 22.4 Å². The molecule has 4 nitrogen and oxygen atoms in total. The number of aromatic amines is 1. The average molecular weight is 370 g/mol. The molecule has 0 aliphatic heterocycles. The molecule has 0 spiro atoms. The summed E-state index contributed by atoms with van der Waals surface area (Å²) in [5.74, 6) is 0.810. The lowest BCUT2D eigenvalue weighted by molar-refractivity contribution is 0.0961. The fraction of sp³-hybridized carbons (Fsp3) is 0.125. The van der Waals surface area contributed by atoms with Crippen molar-refractivity contribution in [3.05, 3.63) is 96.2 Å². The van der Waals surface area contributed by atoms with Crippen LogP contribution in [0.4, 0.5) is 5.69 Å². The zero-order valence-corrected chi connectivity index (χ0v) is 15.9. The number of hydrogen-bond acceptors (Lipinski definition) is 3. The molecule has 0 saturated heterocycles. The third kappa shape index (κ3) is 3.25. The summed E-state index contributed by atoms with van der Waals surface area (Å²) in [6.45, 7) is 0. The number of carbonyl (C=O) groups is 1. The number of hydrogen-bond donors (Lipinski definition) is 1. The predicted octanol–water partition coefficient (Wildman–Crippen LogP) is 5.24. The Labute approximate surface area is 164 Å². The first-order chi connectivity index (χ1) is 13.7. The van der Waals surface area contributed by atoms with Crippen molar-refractivity contribution in [2.45, 2.75) is 6.04 Å². The van der Waals surface area contributed by atoms with Gasteiger partial charge in [0, 0.05) is 41.5 Å². The molecule has 0 aliphatic carbocycles. The number of ether oxygens (including phenoxy) is 1. The summed E-state index contributed by atoms with van der Waals surface area (Å²) in [6.07, 6.45) is 1.81. The molecule has 0 fully saturated rings. The van der Waals surface area contributed by atoms with Crippen molar-refractivity contribution in [2.75, 3.05) is 19.1 Å². The maximum atomic E-state index is 13.7. The number of nitrogens with one attached hydrogen (secondary N) is 1. The first kappa shape index (κ1) is 17.9. The van der Waals surface area contributed by atoms with E-state index >= 15 is 0 Å². The van der Waals surface area contributed by atoms with Gasteiger partial charge >= 0.3 is 0 Å². The fourth-order valence-corrected chi connectivity index (χ4v) is 3.59. The fourth-order valence-electron chi connectivity index (χ4n) is 3.59. The van der Waals surface area contributed by atoms with Crippen molar-refractivity contribution in [2.24, 2.45) is 0 Å². The minimum atomic E-state index is -0.451. The Morgan fingerprint density at radius 3 is 2.50 bits per heavy atom. The van der Waals surface area contributed by atoms with E-state index in [4.69, 9.17) is 4.74 Å². The van der Waals surface area contributed by atoms with Crippen molar-refractivity contribution in [3.8, 4) is 5.75 Å². The molecule has 0 radical (unpaired) electrons. The van der Waals surface area contributed by atoms with Crippen LogP contribution in [-0.2, 0) is 0 Å². The second-order valence-electron chi connectivity index (χ2n) is 6.74. The number of carbonyl (C=O) groups excluding carboxylic acids is 1. The molecule has 0 bridgehead atoms. The van der Waals surface area contributed by atoms with Crippen LogP contribution in [0.5, 0.6) is 5.75 Å². The lowest BCUT2D eigenvalue weighted by Crippen LogP contribution is -2.31. The number of likely N-dealkylation sites (N-methyl/N-ethyl adjacent to an activating group) is 1. The molecular formula is C24H22N2O2. The third-order valence-electron chi connectivity index (χ3n) is 5.07. The predicted molar refractivity (Wildman–Crippen MR) is 113 cm³/mol. The topological polar surface area (TPSA) is 45.3 Å². The highest BCUT2D eigenvalue weighted by atomic mass is 16.5. The van der Waals surface area contributed by atoms with Crippen LogP contribution < -0.4 is 9.64 Å². The summed E-state index contributed by atoms with van der Waals surface area (Å²) in [6, 6.07) is 25.1. The van der Waals surface area contributed by atoms with Crippen molar-refractivity contribution in [1.82, 2.24) is 4.98 Å². The van der Waals surface area contributed by atoms with Crippen LogP contribution >= 0.6 is 0 Å². The van der Waals surface area contributed by atoms with Crippen LogP contribution in [-0.4, -0.2) is 24.9 Å². The second-order valence-corrected chi connectivity index (χ2v) is 6.74. The van der Waals surface area contributed by atoms with Gasteiger partial charge in [-0.05, 0) is 23.8 Å². The van der Waals surface area contributed by atoms with E-state index in [-0.39, 0.29) is 5.78 Å². The van der Waals surface area contributed by atoms with Gasteiger partial charge in [-0.25, -0.2) is 0 Å². The van der Waals surface area contributed by atoms with Gasteiger partial charge in [0.1, 0.15) is 11.8 Å². The number of methoxy groups -OCH3 is 1. The summed E-state index contributed by atoms with van der Waals surface area (Å²) < 4.78 is 5.36. The third-order valence-corrected chi connectivity index (χ3v) is 5.07. The second kappa shape index (κ2) is 7.61. The molecule has 4 aromatic rings. The Morgan fingerprint density at radius 2 is 1.71 bits per heavy atom. The molecule has 140 valence electrons. The molecule has 1 unspecified atom stereocenters. The van der Waals surface area contributed by atoms with Crippen LogP contribution in [0.2, 0.25) is 0 Å². The minimum Gasteiger partial charge on any atom is -0.497 e. The van der Waals surface area contributed by atoms with E-state index in [1.165, 1.54) is 0 Å². The molecule has 28 heavy (non-hydrogen) atoms. The molecular weight excluding hydrogens is 348 g/mol. The summed E-state index contributed by atoms with van der Waals surface area (Å²) in [5, 5.41) is 0.937. The van der Waals surface area contributed by atoms with Crippen molar-refractivity contribution < 1.29 is 9.53 Å². The first-order valence-electron chi connectivity index (χ1n) is 9.21. The zero-order chi connectivity index (χ0) is 19.5. The van der Waals surface area contributed by atoms with Crippen molar-refractivity contribution in [1.29, 1.82) is 0 Å². The number of aromatic nitrogens is 1. The highest BCUT2D eigenvalue weighted by Crippen LogP contribution is 2.32. The number of H-pyrrole nitrogens is 1. The van der Waals surface area contributed by atoms with E-state index in [2.05, 4.69) is 4.98 Å². The van der Waals surface area contributed by atoms with E-state index in [9.17, 15) is 4.79 Å². The maximum absolute atomic E-state index is 13.7. The Hall–Kier alpha value is -3.53. The van der Waals surface area contributed by atoms with Gasteiger partial charge in [-0.3, -0.25) is 4.79 Å². The van der Waals surface area contributed by atoms with Gasteiger partial charge in [0.25, 0.3) is 0 Å².